The number of phenols is 1. The molecule has 8 heteroatoms. The molecule has 0 aliphatic heterocycles. The summed E-state index contributed by atoms with van der Waals surface area (Å²) in [7, 11) is 1.23. The molecule has 0 saturated carbocycles. The zero-order valence-electron chi connectivity index (χ0n) is 20.1. The lowest BCUT2D eigenvalue weighted by Gasteiger charge is -2.20. The Bertz CT molecular complexity index is 1210. The van der Waals surface area contributed by atoms with Gasteiger partial charge >= 0.3 is 12.1 Å². The van der Waals surface area contributed by atoms with Crippen molar-refractivity contribution in [3.63, 3.8) is 0 Å². The van der Waals surface area contributed by atoms with Gasteiger partial charge in [-0.05, 0) is 46.9 Å². The maximum atomic E-state index is 12.7. The average Bonchev–Trinajstić information content (AvgIpc) is 3.21. The van der Waals surface area contributed by atoms with Crippen molar-refractivity contribution in [2.75, 3.05) is 13.7 Å². The van der Waals surface area contributed by atoms with Crippen molar-refractivity contribution in [2.45, 2.75) is 31.3 Å². The molecular formula is C28H28N2O6. The van der Waals surface area contributed by atoms with E-state index in [0.717, 1.165) is 27.8 Å². The Labute approximate surface area is 209 Å². The molecule has 3 aromatic rings. The lowest BCUT2D eigenvalue weighted by molar-refractivity contribution is -0.145. The molecule has 2 unspecified atom stereocenters. The predicted octanol–water partition coefficient (Wildman–Crippen LogP) is 3.52. The van der Waals surface area contributed by atoms with Crippen LogP contribution in [0.25, 0.3) is 11.1 Å². The number of phenolic OH excluding ortho intramolecular Hbond substituents is 1. The van der Waals surface area contributed by atoms with Crippen molar-refractivity contribution >= 4 is 18.0 Å². The minimum atomic E-state index is -0.959. The van der Waals surface area contributed by atoms with Gasteiger partial charge in [0.1, 0.15) is 24.4 Å². The fourth-order valence-electron chi connectivity index (χ4n) is 4.38. The second kappa shape index (κ2) is 10.9. The number of fused-ring (bicyclic) bond motifs is 3. The van der Waals surface area contributed by atoms with Crippen molar-refractivity contribution in [1.29, 1.82) is 0 Å². The van der Waals surface area contributed by atoms with Gasteiger partial charge in [-0.2, -0.15) is 0 Å². The van der Waals surface area contributed by atoms with Gasteiger partial charge in [0.25, 0.3) is 0 Å². The Morgan fingerprint density at radius 2 is 1.47 bits per heavy atom. The lowest BCUT2D eigenvalue weighted by atomic mass is 9.98. The van der Waals surface area contributed by atoms with Crippen LogP contribution in [0, 0.1) is 0 Å². The number of esters is 1. The highest BCUT2D eigenvalue weighted by Crippen LogP contribution is 2.44. The Hall–Kier alpha value is -4.33. The summed E-state index contributed by atoms with van der Waals surface area (Å²) in [5.74, 6) is -1.18. The second-order valence-electron chi connectivity index (χ2n) is 8.65. The minimum absolute atomic E-state index is 0.0957. The predicted molar refractivity (Wildman–Crippen MR) is 133 cm³/mol. The summed E-state index contributed by atoms with van der Waals surface area (Å²) >= 11 is 0. The number of rotatable bonds is 8. The summed E-state index contributed by atoms with van der Waals surface area (Å²) in [5, 5.41) is 14.6. The van der Waals surface area contributed by atoms with Crippen molar-refractivity contribution in [1.82, 2.24) is 10.6 Å². The molecule has 0 aromatic heterocycles. The van der Waals surface area contributed by atoms with Gasteiger partial charge in [-0.3, -0.25) is 4.79 Å². The zero-order chi connectivity index (χ0) is 25.7. The van der Waals surface area contributed by atoms with Crippen LogP contribution in [-0.2, 0) is 25.5 Å². The summed E-state index contributed by atoms with van der Waals surface area (Å²) in [6, 6.07) is 20.4. The molecular weight excluding hydrogens is 460 g/mol. The minimum Gasteiger partial charge on any atom is -0.508 e. The van der Waals surface area contributed by atoms with E-state index in [1.165, 1.54) is 26.2 Å². The van der Waals surface area contributed by atoms with E-state index in [-0.39, 0.29) is 24.7 Å². The highest BCUT2D eigenvalue weighted by molar-refractivity contribution is 5.89. The van der Waals surface area contributed by atoms with Gasteiger partial charge in [0.2, 0.25) is 5.91 Å². The van der Waals surface area contributed by atoms with Gasteiger partial charge in [0, 0.05) is 12.3 Å². The lowest BCUT2D eigenvalue weighted by Crippen LogP contribution is -2.51. The first-order valence-electron chi connectivity index (χ1n) is 11.6. The molecule has 3 N–H and O–H groups in total. The smallest absolute Gasteiger partial charge is 0.407 e. The summed E-state index contributed by atoms with van der Waals surface area (Å²) in [5.41, 5.74) is 5.15. The van der Waals surface area contributed by atoms with Crippen LogP contribution < -0.4 is 10.6 Å². The first-order chi connectivity index (χ1) is 17.4. The van der Waals surface area contributed by atoms with Crippen LogP contribution in [0.4, 0.5) is 4.79 Å². The molecule has 8 nitrogen and oxygen atoms in total. The standard InChI is InChI=1S/C28H28N2O6/c1-17(26(32)30-25(27(33)35-2)15-18-11-13-19(31)14-12-18)29-28(34)36-16-24-22-9-5-3-7-20(22)21-8-4-6-10-23(21)24/h3-14,17,24-25,31H,15-16H2,1-2H3,(H,29,34)(H,30,32). The van der Waals surface area contributed by atoms with Gasteiger partial charge in [0.05, 0.1) is 7.11 Å². The Morgan fingerprint density at radius 3 is 2.06 bits per heavy atom. The van der Waals surface area contributed by atoms with Crippen LogP contribution in [0.5, 0.6) is 5.75 Å². The van der Waals surface area contributed by atoms with Gasteiger partial charge in [-0.25, -0.2) is 9.59 Å². The number of carbonyl (C=O) groups is 3. The van der Waals surface area contributed by atoms with E-state index < -0.39 is 30.1 Å². The Morgan fingerprint density at radius 1 is 0.889 bits per heavy atom. The van der Waals surface area contributed by atoms with Crippen LogP contribution in [0.2, 0.25) is 0 Å². The van der Waals surface area contributed by atoms with E-state index in [9.17, 15) is 19.5 Å². The number of methoxy groups -OCH3 is 1. The number of nitrogens with one attached hydrogen (secondary N) is 2. The molecule has 0 heterocycles. The van der Waals surface area contributed by atoms with Gasteiger partial charge in [-0.1, -0.05) is 60.7 Å². The fourth-order valence-corrected chi connectivity index (χ4v) is 4.38. The fraction of sp³-hybridized carbons (Fsp3) is 0.250. The van der Waals surface area contributed by atoms with Crippen molar-refractivity contribution < 1.29 is 29.0 Å². The van der Waals surface area contributed by atoms with Crippen LogP contribution in [0.15, 0.2) is 72.8 Å². The number of ether oxygens (including phenoxy) is 2. The SMILES string of the molecule is COC(=O)C(Cc1ccc(O)cc1)NC(=O)C(C)NC(=O)OCC1c2ccccc2-c2ccccc21. The van der Waals surface area contributed by atoms with E-state index in [0.29, 0.717) is 0 Å². The molecule has 0 bridgehead atoms. The number of alkyl carbamates (subject to hydrolysis) is 1. The molecule has 2 amide bonds. The molecule has 1 aliphatic carbocycles. The van der Waals surface area contributed by atoms with Crippen LogP contribution in [0.1, 0.15) is 29.5 Å². The molecule has 0 saturated heterocycles. The van der Waals surface area contributed by atoms with Gasteiger partial charge in [-0.15, -0.1) is 0 Å². The van der Waals surface area contributed by atoms with Gasteiger partial charge < -0.3 is 25.2 Å². The number of carbonyl (C=O) groups excluding carboxylic acids is 3. The number of aromatic hydroxyl groups is 1. The summed E-state index contributed by atoms with van der Waals surface area (Å²) in [4.78, 5) is 37.4. The molecule has 0 fully saturated rings. The molecule has 186 valence electrons. The molecule has 0 spiro atoms. The quantitative estimate of drug-likeness (QED) is 0.418. The third kappa shape index (κ3) is 5.49. The molecule has 2 atom stereocenters. The average molecular weight is 489 g/mol. The monoisotopic (exact) mass is 488 g/mol. The normalized spacial score (nSPS) is 13.6. The van der Waals surface area contributed by atoms with Crippen molar-refractivity contribution in [3.8, 4) is 16.9 Å². The number of benzene rings is 3. The molecule has 3 aromatic carbocycles. The maximum absolute atomic E-state index is 12.7. The summed E-state index contributed by atoms with van der Waals surface area (Å²) in [6.07, 6.45) is -0.566. The first kappa shape index (κ1) is 24.8. The van der Waals surface area contributed by atoms with E-state index in [1.807, 2.05) is 36.4 Å². The largest absolute Gasteiger partial charge is 0.508 e. The Balaban J connectivity index is 1.34. The summed E-state index contributed by atoms with van der Waals surface area (Å²) in [6.45, 7) is 1.63. The molecule has 4 rings (SSSR count). The van der Waals surface area contributed by atoms with Crippen molar-refractivity contribution in [3.05, 3.63) is 89.5 Å². The van der Waals surface area contributed by atoms with Gasteiger partial charge in [0.15, 0.2) is 0 Å². The van der Waals surface area contributed by atoms with E-state index in [4.69, 9.17) is 9.47 Å². The summed E-state index contributed by atoms with van der Waals surface area (Å²) < 4.78 is 10.3. The van der Waals surface area contributed by atoms with Crippen LogP contribution >= 0.6 is 0 Å². The second-order valence-corrected chi connectivity index (χ2v) is 8.65. The number of hydrogen-bond acceptors (Lipinski definition) is 6. The highest BCUT2D eigenvalue weighted by Gasteiger charge is 2.30. The third-order valence-corrected chi connectivity index (χ3v) is 6.25. The maximum Gasteiger partial charge on any atom is 0.407 e. The molecule has 1 aliphatic rings. The topological polar surface area (TPSA) is 114 Å². The van der Waals surface area contributed by atoms with E-state index in [2.05, 4.69) is 22.8 Å². The molecule has 0 radical (unpaired) electrons. The number of hydrogen-bond donors (Lipinski definition) is 3. The van der Waals surface area contributed by atoms with Crippen molar-refractivity contribution in [2.24, 2.45) is 0 Å². The van der Waals surface area contributed by atoms with E-state index >= 15 is 0 Å². The highest BCUT2D eigenvalue weighted by atomic mass is 16.5. The first-order valence-corrected chi connectivity index (χ1v) is 11.6. The third-order valence-electron chi connectivity index (χ3n) is 6.25. The molecule has 36 heavy (non-hydrogen) atoms. The van der Waals surface area contributed by atoms with Crippen LogP contribution in [-0.4, -0.2) is 48.9 Å². The number of amides is 2. The van der Waals surface area contributed by atoms with Crippen LogP contribution in [0.3, 0.4) is 0 Å². The Kier molecular flexibility index (Phi) is 7.53. The van der Waals surface area contributed by atoms with E-state index in [1.54, 1.807) is 12.1 Å². The zero-order valence-corrected chi connectivity index (χ0v) is 20.1.